The molecule has 3 rings (SSSR count). The number of para-hydroxylation sites is 1. The number of carbonyl (C=O) groups is 2. The molecule has 2 amide bonds. The van der Waals surface area contributed by atoms with Crippen LogP contribution in [0.5, 0.6) is 5.75 Å². The summed E-state index contributed by atoms with van der Waals surface area (Å²) in [5.41, 5.74) is 0.686. The molecule has 2 N–H and O–H groups in total. The van der Waals surface area contributed by atoms with E-state index in [2.05, 4.69) is 5.32 Å². The van der Waals surface area contributed by atoms with E-state index in [1.54, 1.807) is 17.0 Å². The van der Waals surface area contributed by atoms with Crippen LogP contribution < -0.4 is 5.32 Å². The molecule has 1 aliphatic heterocycles. The highest BCUT2D eigenvalue weighted by atomic mass is 32.2. The topological polar surface area (TPSA) is 69.6 Å². The maximum absolute atomic E-state index is 12.7. The fraction of sp³-hybridized carbons (Fsp3) is 0.556. The zero-order valence-electron chi connectivity index (χ0n) is 13.9. The zero-order chi connectivity index (χ0) is 17.1. The largest absolute Gasteiger partial charge is 0.508 e. The van der Waals surface area contributed by atoms with E-state index >= 15 is 0 Å². The fourth-order valence-electron chi connectivity index (χ4n) is 3.57. The number of thioether (sulfide) groups is 1. The number of nitrogens with zero attached hydrogens (tertiary/aromatic N) is 1. The quantitative estimate of drug-likeness (QED) is 0.881. The highest BCUT2D eigenvalue weighted by molar-refractivity contribution is 7.99. The second kappa shape index (κ2) is 7.47. The molecule has 0 bridgehead atoms. The van der Waals surface area contributed by atoms with Crippen LogP contribution in [0.4, 0.5) is 0 Å². The van der Waals surface area contributed by atoms with Crippen LogP contribution in [0.2, 0.25) is 0 Å². The second-order valence-electron chi connectivity index (χ2n) is 6.53. The van der Waals surface area contributed by atoms with Crippen molar-refractivity contribution in [1.82, 2.24) is 10.2 Å². The van der Waals surface area contributed by atoms with E-state index in [1.807, 2.05) is 12.1 Å². The summed E-state index contributed by atoms with van der Waals surface area (Å²) in [6.45, 7) is 1.49. The van der Waals surface area contributed by atoms with Crippen molar-refractivity contribution >= 4 is 23.6 Å². The second-order valence-corrected chi connectivity index (χ2v) is 7.64. The number of nitrogens with one attached hydrogen (secondary N) is 1. The van der Waals surface area contributed by atoms with Crippen molar-refractivity contribution in [1.29, 1.82) is 0 Å². The summed E-state index contributed by atoms with van der Waals surface area (Å²) in [7, 11) is 0. The van der Waals surface area contributed by atoms with Gasteiger partial charge in [0.25, 0.3) is 0 Å². The Bertz CT molecular complexity index is 616. The van der Waals surface area contributed by atoms with Gasteiger partial charge in [0.2, 0.25) is 11.8 Å². The van der Waals surface area contributed by atoms with Crippen LogP contribution in [0.15, 0.2) is 24.3 Å². The smallest absolute Gasteiger partial charge is 0.243 e. The van der Waals surface area contributed by atoms with Gasteiger partial charge < -0.3 is 15.3 Å². The van der Waals surface area contributed by atoms with Gasteiger partial charge in [-0.05, 0) is 18.9 Å². The van der Waals surface area contributed by atoms with Crippen LogP contribution in [0.3, 0.4) is 0 Å². The van der Waals surface area contributed by atoms with Gasteiger partial charge in [0.1, 0.15) is 17.2 Å². The van der Waals surface area contributed by atoms with E-state index in [1.165, 1.54) is 25.1 Å². The normalized spacial score (nSPS) is 24.8. The Labute approximate surface area is 146 Å². The molecule has 1 aromatic rings. The summed E-state index contributed by atoms with van der Waals surface area (Å²) in [5.74, 6) is 0.506. The molecule has 1 aromatic carbocycles. The van der Waals surface area contributed by atoms with Gasteiger partial charge in [0.15, 0.2) is 0 Å². The molecule has 1 heterocycles. The van der Waals surface area contributed by atoms with Crippen LogP contribution in [0.1, 0.15) is 50.0 Å². The number of phenolic OH excluding ortho intramolecular Hbond substituents is 1. The summed E-state index contributed by atoms with van der Waals surface area (Å²) in [4.78, 5) is 26.5. The minimum Gasteiger partial charge on any atom is -0.508 e. The predicted octanol–water partition coefficient (Wildman–Crippen LogP) is 2.80. The maximum Gasteiger partial charge on any atom is 0.243 e. The van der Waals surface area contributed by atoms with E-state index in [9.17, 15) is 14.7 Å². The lowest BCUT2D eigenvalue weighted by Gasteiger charge is -2.30. The van der Waals surface area contributed by atoms with E-state index in [0.717, 1.165) is 25.7 Å². The summed E-state index contributed by atoms with van der Waals surface area (Å²) >= 11 is 1.53. The van der Waals surface area contributed by atoms with Crippen LogP contribution in [0.25, 0.3) is 0 Å². The van der Waals surface area contributed by atoms with E-state index in [-0.39, 0.29) is 29.0 Å². The van der Waals surface area contributed by atoms with E-state index in [0.29, 0.717) is 11.3 Å². The molecule has 0 unspecified atom stereocenters. The number of aromatic hydroxyl groups is 1. The standard InChI is InChI=1S/C18H24N2O3S/c1-12(21)20-15(17(23)19-13-7-3-2-4-8-13)11-24-18(20)14-9-5-6-10-16(14)22/h5-6,9-10,13,15,18,22H,2-4,7-8,11H2,1H3,(H,19,23)/t15-,18-/m1/s1. The third-order valence-electron chi connectivity index (χ3n) is 4.82. The Morgan fingerprint density at radius 2 is 1.92 bits per heavy atom. The molecule has 0 radical (unpaired) electrons. The summed E-state index contributed by atoms with van der Waals surface area (Å²) < 4.78 is 0. The molecule has 1 saturated heterocycles. The monoisotopic (exact) mass is 348 g/mol. The summed E-state index contributed by atoms with van der Waals surface area (Å²) in [6, 6.07) is 6.77. The third kappa shape index (κ3) is 3.53. The minimum atomic E-state index is -0.473. The molecule has 2 aliphatic rings. The molecule has 0 spiro atoms. The lowest BCUT2D eigenvalue weighted by molar-refractivity contribution is -0.138. The van der Waals surface area contributed by atoms with Crippen molar-refractivity contribution < 1.29 is 14.7 Å². The summed E-state index contributed by atoms with van der Waals surface area (Å²) in [6.07, 6.45) is 5.59. The van der Waals surface area contributed by atoms with Gasteiger partial charge in [-0.25, -0.2) is 0 Å². The average Bonchev–Trinajstić information content (AvgIpc) is 3.01. The van der Waals surface area contributed by atoms with Gasteiger partial charge in [-0.1, -0.05) is 37.5 Å². The van der Waals surface area contributed by atoms with Crippen LogP contribution in [0, 0.1) is 0 Å². The third-order valence-corrected chi connectivity index (χ3v) is 6.13. The number of amides is 2. The lowest BCUT2D eigenvalue weighted by Crippen LogP contribution is -2.50. The Balaban J connectivity index is 1.75. The minimum absolute atomic E-state index is 0.0671. The van der Waals surface area contributed by atoms with Gasteiger partial charge in [-0.3, -0.25) is 9.59 Å². The molecule has 0 aromatic heterocycles. The number of hydrogen-bond donors (Lipinski definition) is 2. The zero-order valence-corrected chi connectivity index (χ0v) is 14.7. The molecular formula is C18H24N2O3S. The molecular weight excluding hydrogens is 324 g/mol. The lowest BCUT2D eigenvalue weighted by atomic mass is 9.95. The van der Waals surface area contributed by atoms with Crippen molar-refractivity contribution in [2.24, 2.45) is 0 Å². The summed E-state index contributed by atoms with van der Waals surface area (Å²) in [5, 5.41) is 12.9. The number of phenols is 1. The predicted molar refractivity (Wildman–Crippen MR) is 94.6 cm³/mol. The molecule has 1 saturated carbocycles. The first kappa shape index (κ1) is 17.1. The van der Waals surface area contributed by atoms with Crippen molar-refractivity contribution in [3.05, 3.63) is 29.8 Å². The highest BCUT2D eigenvalue weighted by Crippen LogP contribution is 2.44. The maximum atomic E-state index is 12.7. The van der Waals surface area contributed by atoms with Gasteiger partial charge in [0.05, 0.1) is 0 Å². The Morgan fingerprint density at radius 3 is 2.58 bits per heavy atom. The van der Waals surface area contributed by atoms with E-state index in [4.69, 9.17) is 0 Å². The Kier molecular flexibility index (Phi) is 5.33. The van der Waals surface area contributed by atoms with Gasteiger partial charge >= 0.3 is 0 Å². The molecule has 24 heavy (non-hydrogen) atoms. The Hall–Kier alpha value is -1.69. The molecule has 5 nitrogen and oxygen atoms in total. The molecule has 1 aliphatic carbocycles. The van der Waals surface area contributed by atoms with Crippen LogP contribution in [-0.4, -0.2) is 39.7 Å². The fourth-order valence-corrected chi connectivity index (χ4v) is 5.08. The van der Waals surface area contributed by atoms with Crippen molar-refractivity contribution in [3.63, 3.8) is 0 Å². The molecule has 2 atom stereocenters. The van der Waals surface area contributed by atoms with Crippen molar-refractivity contribution in [2.75, 3.05) is 5.75 Å². The first-order valence-corrected chi connectivity index (χ1v) is 9.61. The van der Waals surface area contributed by atoms with Crippen molar-refractivity contribution in [2.45, 2.75) is 56.5 Å². The van der Waals surface area contributed by atoms with Crippen LogP contribution in [-0.2, 0) is 9.59 Å². The first-order valence-electron chi connectivity index (χ1n) is 8.56. The SMILES string of the molecule is CC(=O)N1[C@@H](C(=O)NC2CCCCC2)CS[C@@H]1c1ccccc1O. The first-order chi connectivity index (χ1) is 11.6. The number of carbonyl (C=O) groups excluding carboxylic acids is 2. The van der Waals surface area contributed by atoms with E-state index < -0.39 is 6.04 Å². The number of hydrogen-bond acceptors (Lipinski definition) is 4. The highest BCUT2D eigenvalue weighted by Gasteiger charge is 2.42. The number of benzene rings is 1. The van der Waals surface area contributed by atoms with Crippen LogP contribution >= 0.6 is 11.8 Å². The van der Waals surface area contributed by atoms with Gasteiger partial charge in [-0.15, -0.1) is 11.8 Å². The average molecular weight is 348 g/mol. The molecule has 2 fully saturated rings. The molecule has 130 valence electrons. The number of rotatable bonds is 3. The Morgan fingerprint density at radius 1 is 1.21 bits per heavy atom. The van der Waals surface area contributed by atoms with Gasteiger partial charge in [0, 0.05) is 24.3 Å². The van der Waals surface area contributed by atoms with Gasteiger partial charge in [-0.2, -0.15) is 0 Å². The van der Waals surface area contributed by atoms with Crippen molar-refractivity contribution in [3.8, 4) is 5.75 Å². The molecule has 6 heteroatoms.